The number of thiophene rings is 1. The molecule has 4 heteroatoms. The van der Waals surface area contributed by atoms with Gasteiger partial charge < -0.3 is 4.90 Å². The molecule has 0 unspecified atom stereocenters. The molecular formula is C30H41N3S. The van der Waals surface area contributed by atoms with Gasteiger partial charge in [-0.3, -0.25) is 0 Å². The van der Waals surface area contributed by atoms with Gasteiger partial charge in [-0.05, 0) is 42.4 Å². The molecule has 0 saturated carbocycles. The minimum atomic E-state index is 0.175. The molecule has 34 heavy (non-hydrogen) atoms. The lowest BCUT2D eigenvalue weighted by Gasteiger charge is -2.18. The van der Waals surface area contributed by atoms with Crippen molar-refractivity contribution in [3.05, 3.63) is 57.4 Å². The van der Waals surface area contributed by atoms with E-state index in [0.717, 1.165) is 21.2 Å². The number of unbranched alkanes of at least 4 members (excludes halogenated alkanes) is 13. The van der Waals surface area contributed by atoms with Crippen molar-refractivity contribution in [2.24, 2.45) is 0 Å². The van der Waals surface area contributed by atoms with Crippen molar-refractivity contribution in [1.29, 1.82) is 10.5 Å². The standard InChI is InChI=1S/C30H41N3S/c1-2-3-4-5-6-7-8-9-10-11-12-13-14-15-22-33-23-20-27(21-24-33)16-17-29-18-19-30(34-29)28(25-31)26-32/h16-21,23-24H,2-15,22H2,1H3/b29-17-. The van der Waals surface area contributed by atoms with E-state index in [-0.39, 0.29) is 5.57 Å². The van der Waals surface area contributed by atoms with Crippen LogP contribution in [0.4, 0.5) is 0 Å². The summed E-state index contributed by atoms with van der Waals surface area (Å²) in [5.74, 6) is 0. The molecule has 182 valence electrons. The molecule has 0 atom stereocenters. The minimum Gasteiger partial charge on any atom is -0.354 e. The summed E-state index contributed by atoms with van der Waals surface area (Å²) < 4.78 is 1.76. The van der Waals surface area contributed by atoms with Crippen LogP contribution in [-0.2, 0) is 0 Å². The van der Waals surface area contributed by atoms with Crippen LogP contribution in [-0.4, -0.2) is 11.4 Å². The van der Waals surface area contributed by atoms with Crippen LogP contribution in [0.15, 0.2) is 48.3 Å². The SMILES string of the molecule is CCCCCCCCCCCCCCCCN1C=CC(=C/C=c2/ccc(=C(C#N)C#N)s2)C=C1. The summed E-state index contributed by atoms with van der Waals surface area (Å²) in [5.41, 5.74) is 1.32. The predicted molar refractivity (Wildman–Crippen MR) is 146 cm³/mol. The first-order valence-corrected chi connectivity index (χ1v) is 14.0. The van der Waals surface area contributed by atoms with Gasteiger partial charge in [-0.2, -0.15) is 10.5 Å². The zero-order chi connectivity index (χ0) is 24.3. The summed E-state index contributed by atoms with van der Waals surface area (Å²) in [6.45, 7) is 3.36. The van der Waals surface area contributed by atoms with Crippen LogP contribution in [0.3, 0.4) is 0 Å². The Hall–Kier alpha value is -2.56. The van der Waals surface area contributed by atoms with E-state index >= 15 is 0 Å². The number of nitriles is 2. The summed E-state index contributed by atoms with van der Waals surface area (Å²) in [5, 5.41) is 18.0. The van der Waals surface area contributed by atoms with Gasteiger partial charge in [0, 0.05) is 23.5 Å². The Morgan fingerprint density at radius 2 is 1.29 bits per heavy atom. The smallest absolute Gasteiger partial charge is 0.146 e. The summed E-state index contributed by atoms with van der Waals surface area (Å²) >= 11 is 1.47. The van der Waals surface area contributed by atoms with E-state index in [0.29, 0.717) is 0 Å². The fourth-order valence-electron chi connectivity index (χ4n) is 4.11. The molecule has 1 aromatic rings. The fraction of sp³-hybridized carbons (Fsp3) is 0.533. The van der Waals surface area contributed by atoms with E-state index in [1.807, 2.05) is 30.3 Å². The number of hydrogen-bond donors (Lipinski definition) is 0. The Morgan fingerprint density at radius 3 is 1.82 bits per heavy atom. The number of rotatable bonds is 16. The molecule has 0 aromatic carbocycles. The van der Waals surface area contributed by atoms with E-state index in [1.165, 1.54) is 101 Å². The van der Waals surface area contributed by atoms with Crippen LogP contribution in [0.1, 0.15) is 96.8 Å². The molecule has 2 rings (SSSR count). The minimum absolute atomic E-state index is 0.175. The van der Waals surface area contributed by atoms with E-state index < -0.39 is 0 Å². The lowest BCUT2D eigenvalue weighted by Crippen LogP contribution is -2.13. The van der Waals surface area contributed by atoms with Crippen LogP contribution in [0.5, 0.6) is 0 Å². The third-order valence-corrected chi connectivity index (χ3v) is 7.29. The Morgan fingerprint density at radius 1 is 0.765 bits per heavy atom. The van der Waals surface area contributed by atoms with E-state index in [1.54, 1.807) is 0 Å². The number of hydrogen-bond acceptors (Lipinski definition) is 4. The van der Waals surface area contributed by atoms with Crippen molar-refractivity contribution in [3.8, 4) is 12.1 Å². The summed E-state index contributed by atoms with van der Waals surface area (Å²) in [7, 11) is 0. The fourth-order valence-corrected chi connectivity index (χ4v) is 4.96. The van der Waals surface area contributed by atoms with Gasteiger partial charge in [0.1, 0.15) is 17.7 Å². The summed E-state index contributed by atoms with van der Waals surface area (Å²) in [6, 6.07) is 7.68. The first-order valence-electron chi connectivity index (χ1n) is 13.2. The third-order valence-electron chi connectivity index (χ3n) is 6.22. The first-order chi connectivity index (χ1) is 16.8. The van der Waals surface area contributed by atoms with Gasteiger partial charge in [0.15, 0.2) is 0 Å². The molecule has 0 fully saturated rings. The second-order valence-electron chi connectivity index (χ2n) is 9.10. The molecule has 0 bridgehead atoms. The van der Waals surface area contributed by atoms with E-state index in [4.69, 9.17) is 10.5 Å². The first kappa shape index (κ1) is 27.7. The highest BCUT2D eigenvalue weighted by Gasteiger charge is 2.01. The molecule has 1 aliphatic heterocycles. The lowest BCUT2D eigenvalue weighted by molar-refractivity contribution is 0.461. The van der Waals surface area contributed by atoms with Crippen molar-refractivity contribution in [2.75, 3.05) is 6.54 Å². The van der Waals surface area contributed by atoms with Crippen LogP contribution in [0, 0.1) is 22.7 Å². The van der Waals surface area contributed by atoms with Gasteiger partial charge in [0.25, 0.3) is 0 Å². The van der Waals surface area contributed by atoms with Gasteiger partial charge in [0.2, 0.25) is 0 Å². The molecule has 0 amide bonds. The van der Waals surface area contributed by atoms with Gasteiger partial charge in [0.05, 0.1) is 4.53 Å². The molecule has 2 heterocycles. The average Bonchev–Trinajstić information content (AvgIpc) is 3.33. The molecule has 0 aliphatic carbocycles. The largest absolute Gasteiger partial charge is 0.354 e. The maximum atomic E-state index is 8.98. The maximum absolute atomic E-state index is 8.98. The molecule has 0 N–H and O–H groups in total. The molecule has 1 aliphatic rings. The zero-order valence-corrected chi connectivity index (χ0v) is 21.8. The summed E-state index contributed by atoms with van der Waals surface area (Å²) in [4.78, 5) is 2.27. The lowest BCUT2D eigenvalue weighted by atomic mass is 10.0. The van der Waals surface area contributed by atoms with Crippen LogP contribution >= 0.6 is 11.3 Å². The quantitative estimate of drug-likeness (QED) is 0.233. The maximum Gasteiger partial charge on any atom is 0.146 e. The molecule has 1 aromatic heterocycles. The highest BCUT2D eigenvalue weighted by Crippen LogP contribution is 2.14. The molecule has 0 spiro atoms. The topological polar surface area (TPSA) is 50.8 Å². The summed E-state index contributed by atoms with van der Waals surface area (Å²) in [6.07, 6.45) is 32.2. The number of nitrogens with zero attached hydrogens (tertiary/aromatic N) is 3. The van der Waals surface area contributed by atoms with Crippen molar-refractivity contribution in [3.63, 3.8) is 0 Å². The Kier molecular flexibility index (Phi) is 14.5. The molecule has 0 radical (unpaired) electrons. The zero-order valence-electron chi connectivity index (χ0n) is 21.0. The highest BCUT2D eigenvalue weighted by molar-refractivity contribution is 7.07. The molecule has 0 saturated heterocycles. The van der Waals surface area contributed by atoms with Crippen molar-refractivity contribution in [1.82, 2.24) is 4.90 Å². The average molecular weight is 476 g/mol. The van der Waals surface area contributed by atoms with Gasteiger partial charge >= 0.3 is 0 Å². The van der Waals surface area contributed by atoms with Gasteiger partial charge in [-0.15, -0.1) is 11.3 Å². The molecular weight excluding hydrogens is 434 g/mol. The van der Waals surface area contributed by atoms with Crippen molar-refractivity contribution < 1.29 is 0 Å². The van der Waals surface area contributed by atoms with Crippen molar-refractivity contribution in [2.45, 2.75) is 96.8 Å². The molecule has 3 nitrogen and oxygen atoms in total. The Labute approximate surface area is 211 Å². The Balaban J connectivity index is 1.53. The van der Waals surface area contributed by atoms with Crippen LogP contribution < -0.4 is 9.06 Å². The number of allylic oxidation sites excluding steroid dienone is 4. The second-order valence-corrected chi connectivity index (χ2v) is 10.2. The third kappa shape index (κ3) is 11.5. The van der Waals surface area contributed by atoms with Crippen LogP contribution in [0.2, 0.25) is 0 Å². The monoisotopic (exact) mass is 475 g/mol. The second kappa shape index (κ2) is 17.9. The normalized spacial score (nSPS) is 13.2. The van der Waals surface area contributed by atoms with E-state index in [2.05, 4.69) is 42.5 Å². The Bertz CT molecular complexity index is 965. The van der Waals surface area contributed by atoms with Crippen molar-refractivity contribution >= 4 is 23.0 Å². The van der Waals surface area contributed by atoms with Gasteiger partial charge in [-0.25, -0.2) is 0 Å². The van der Waals surface area contributed by atoms with Gasteiger partial charge in [-0.1, -0.05) is 96.5 Å². The highest BCUT2D eigenvalue weighted by atomic mass is 32.1. The predicted octanol–water partition coefficient (Wildman–Crippen LogP) is 7.48. The van der Waals surface area contributed by atoms with Crippen LogP contribution in [0.25, 0.3) is 11.6 Å². The van der Waals surface area contributed by atoms with E-state index in [9.17, 15) is 0 Å².